The summed E-state index contributed by atoms with van der Waals surface area (Å²) >= 11 is 0. The smallest absolute Gasteiger partial charge is 0.0332 e. The zero-order chi connectivity index (χ0) is 10.4. The van der Waals surface area contributed by atoms with E-state index in [0.29, 0.717) is 6.54 Å². The molecule has 0 heterocycles. The van der Waals surface area contributed by atoms with Crippen LogP contribution in [0, 0.1) is 0 Å². The minimum Gasteiger partial charge on any atom is -0.330 e. The fourth-order valence-electron chi connectivity index (χ4n) is 1.59. The Bertz CT molecular complexity index is 294. The molecule has 0 aliphatic rings. The lowest BCUT2D eigenvalue weighted by Crippen LogP contribution is -2.13. The Hall–Kier alpha value is -1.12. The molecule has 1 rings (SSSR count). The molecule has 0 saturated carbocycles. The van der Waals surface area contributed by atoms with Crippen LogP contribution >= 0.6 is 0 Å². The third-order valence-electron chi connectivity index (χ3n) is 2.29. The molecule has 2 heteroatoms. The van der Waals surface area contributed by atoms with Gasteiger partial charge in [-0.25, -0.2) is 0 Å². The SMILES string of the molecule is C=CCC(N)c1ccccc1CCN. The lowest BCUT2D eigenvalue weighted by atomic mass is 9.97. The van der Waals surface area contributed by atoms with Crippen molar-refractivity contribution in [2.45, 2.75) is 18.9 Å². The van der Waals surface area contributed by atoms with E-state index in [2.05, 4.69) is 18.7 Å². The predicted octanol–water partition coefficient (Wildman–Crippen LogP) is 1.76. The van der Waals surface area contributed by atoms with Gasteiger partial charge in [-0.15, -0.1) is 6.58 Å². The molecule has 1 atom stereocenters. The third-order valence-corrected chi connectivity index (χ3v) is 2.29. The van der Waals surface area contributed by atoms with Gasteiger partial charge in [0.15, 0.2) is 0 Å². The summed E-state index contributed by atoms with van der Waals surface area (Å²) in [6, 6.07) is 8.24. The van der Waals surface area contributed by atoms with E-state index in [-0.39, 0.29) is 6.04 Å². The van der Waals surface area contributed by atoms with Crippen LogP contribution in [0.5, 0.6) is 0 Å². The minimum atomic E-state index is 0.0512. The van der Waals surface area contributed by atoms with Gasteiger partial charge in [0, 0.05) is 6.04 Å². The van der Waals surface area contributed by atoms with Crippen molar-refractivity contribution in [3.05, 3.63) is 48.0 Å². The molecule has 0 amide bonds. The molecule has 0 aromatic heterocycles. The number of rotatable bonds is 5. The highest BCUT2D eigenvalue weighted by atomic mass is 14.6. The topological polar surface area (TPSA) is 52.0 Å². The Morgan fingerprint density at radius 1 is 1.36 bits per heavy atom. The number of hydrogen-bond acceptors (Lipinski definition) is 2. The molecule has 14 heavy (non-hydrogen) atoms. The van der Waals surface area contributed by atoms with E-state index in [0.717, 1.165) is 12.8 Å². The van der Waals surface area contributed by atoms with Gasteiger partial charge in [0.25, 0.3) is 0 Å². The van der Waals surface area contributed by atoms with Crippen molar-refractivity contribution >= 4 is 0 Å². The molecule has 0 aliphatic carbocycles. The molecule has 0 fully saturated rings. The first-order chi connectivity index (χ1) is 6.79. The Morgan fingerprint density at radius 2 is 2.07 bits per heavy atom. The van der Waals surface area contributed by atoms with Crippen molar-refractivity contribution in [3.8, 4) is 0 Å². The fraction of sp³-hybridized carbons (Fsp3) is 0.333. The van der Waals surface area contributed by atoms with Crippen molar-refractivity contribution in [1.29, 1.82) is 0 Å². The molecular formula is C12H18N2. The normalized spacial score (nSPS) is 12.4. The summed E-state index contributed by atoms with van der Waals surface area (Å²) in [5, 5.41) is 0. The van der Waals surface area contributed by atoms with Gasteiger partial charge in [0.2, 0.25) is 0 Å². The second-order valence-corrected chi connectivity index (χ2v) is 3.37. The van der Waals surface area contributed by atoms with E-state index in [4.69, 9.17) is 11.5 Å². The first kappa shape index (κ1) is 11.0. The first-order valence-electron chi connectivity index (χ1n) is 4.94. The first-order valence-corrected chi connectivity index (χ1v) is 4.94. The molecule has 76 valence electrons. The Labute approximate surface area is 85.6 Å². The van der Waals surface area contributed by atoms with Crippen LogP contribution in [0.1, 0.15) is 23.6 Å². The Balaban J connectivity index is 2.87. The highest BCUT2D eigenvalue weighted by Gasteiger charge is 2.07. The summed E-state index contributed by atoms with van der Waals surface area (Å²) in [5.41, 5.74) is 14.0. The van der Waals surface area contributed by atoms with Crippen molar-refractivity contribution in [3.63, 3.8) is 0 Å². The van der Waals surface area contributed by atoms with Gasteiger partial charge in [-0.1, -0.05) is 30.3 Å². The molecule has 0 bridgehead atoms. The van der Waals surface area contributed by atoms with Crippen LogP contribution < -0.4 is 11.5 Å². The van der Waals surface area contributed by atoms with E-state index < -0.39 is 0 Å². The fourth-order valence-corrected chi connectivity index (χ4v) is 1.59. The summed E-state index contributed by atoms with van der Waals surface area (Å²) in [7, 11) is 0. The van der Waals surface area contributed by atoms with Gasteiger partial charge < -0.3 is 11.5 Å². The second-order valence-electron chi connectivity index (χ2n) is 3.37. The summed E-state index contributed by atoms with van der Waals surface area (Å²) in [6.07, 6.45) is 3.55. The average Bonchev–Trinajstić information content (AvgIpc) is 2.19. The monoisotopic (exact) mass is 190 g/mol. The van der Waals surface area contributed by atoms with E-state index in [1.54, 1.807) is 0 Å². The molecular weight excluding hydrogens is 172 g/mol. The van der Waals surface area contributed by atoms with Crippen LogP contribution in [0.2, 0.25) is 0 Å². The third kappa shape index (κ3) is 2.69. The Morgan fingerprint density at radius 3 is 2.71 bits per heavy atom. The number of nitrogens with two attached hydrogens (primary N) is 2. The zero-order valence-electron chi connectivity index (χ0n) is 8.45. The molecule has 1 aromatic carbocycles. The summed E-state index contributed by atoms with van der Waals surface area (Å²) in [6.45, 7) is 4.36. The predicted molar refractivity (Wildman–Crippen MR) is 60.9 cm³/mol. The van der Waals surface area contributed by atoms with Crippen molar-refractivity contribution in [2.24, 2.45) is 11.5 Å². The van der Waals surface area contributed by atoms with Crippen LogP contribution in [0.3, 0.4) is 0 Å². The highest BCUT2D eigenvalue weighted by molar-refractivity contribution is 5.30. The van der Waals surface area contributed by atoms with Crippen molar-refractivity contribution in [2.75, 3.05) is 6.54 Å². The van der Waals surface area contributed by atoms with Crippen molar-refractivity contribution in [1.82, 2.24) is 0 Å². The lowest BCUT2D eigenvalue weighted by Gasteiger charge is -2.14. The van der Waals surface area contributed by atoms with Crippen molar-refractivity contribution < 1.29 is 0 Å². The Kier molecular flexibility index (Phi) is 4.36. The van der Waals surface area contributed by atoms with Gasteiger partial charge in [-0.2, -0.15) is 0 Å². The van der Waals surface area contributed by atoms with Crippen LogP contribution in [-0.4, -0.2) is 6.54 Å². The molecule has 0 radical (unpaired) electrons. The van der Waals surface area contributed by atoms with Crippen LogP contribution in [0.4, 0.5) is 0 Å². The van der Waals surface area contributed by atoms with Gasteiger partial charge in [0.1, 0.15) is 0 Å². The maximum Gasteiger partial charge on any atom is 0.0332 e. The molecule has 4 N–H and O–H groups in total. The van der Waals surface area contributed by atoms with Crippen LogP contribution in [0.15, 0.2) is 36.9 Å². The van der Waals surface area contributed by atoms with Gasteiger partial charge >= 0.3 is 0 Å². The zero-order valence-corrected chi connectivity index (χ0v) is 8.45. The molecule has 1 aromatic rings. The molecule has 0 spiro atoms. The quantitative estimate of drug-likeness (QED) is 0.695. The van der Waals surface area contributed by atoms with Crippen LogP contribution in [-0.2, 0) is 6.42 Å². The van der Waals surface area contributed by atoms with Crippen LogP contribution in [0.25, 0.3) is 0 Å². The molecule has 1 unspecified atom stereocenters. The maximum atomic E-state index is 6.02. The highest BCUT2D eigenvalue weighted by Crippen LogP contribution is 2.19. The summed E-state index contributed by atoms with van der Waals surface area (Å²) < 4.78 is 0. The molecule has 0 aliphatic heterocycles. The number of benzene rings is 1. The molecule has 0 saturated heterocycles. The largest absolute Gasteiger partial charge is 0.330 e. The minimum absolute atomic E-state index is 0.0512. The van der Waals surface area contributed by atoms with E-state index in [1.165, 1.54) is 11.1 Å². The summed E-state index contributed by atoms with van der Waals surface area (Å²) in [5.74, 6) is 0. The van der Waals surface area contributed by atoms with Gasteiger partial charge in [-0.3, -0.25) is 0 Å². The standard InChI is InChI=1S/C12H18N2/c1-2-5-12(14)11-7-4-3-6-10(11)8-9-13/h2-4,6-7,12H,1,5,8-9,13-14H2. The van der Waals surface area contributed by atoms with Gasteiger partial charge in [0.05, 0.1) is 0 Å². The average molecular weight is 190 g/mol. The van der Waals surface area contributed by atoms with E-state index in [9.17, 15) is 0 Å². The van der Waals surface area contributed by atoms with Gasteiger partial charge in [-0.05, 0) is 30.5 Å². The summed E-state index contributed by atoms with van der Waals surface area (Å²) in [4.78, 5) is 0. The van der Waals surface area contributed by atoms with E-state index >= 15 is 0 Å². The maximum absolute atomic E-state index is 6.02. The lowest BCUT2D eigenvalue weighted by molar-refractivity contribution is 0.727. The van der Waals surface area contributed by atoms with E-state index in [1.807, 2.05) is 18.2 Å². The molecule has 2 nitrogen and oxygen atoms in total. The second kappa shape index (κ2) is 5.58. The number of hydrogen-bond donors (Lipinski definition) is 2.